The van der Waals surface area contributed by atoms with Gasteiger partial charge >= 0.3 is 66.7 Å². The monoisotopic (exact) mass is 363 g/mol. The van der Waals surface area contributed by atoms with Gasteiger partial charge in [0.1, 0.15) is 0 Å². The minimum atomic E-state index is -5.71. The van der Waals surface area contributed by atoms with Crippen LogP contribution in [-0.2, 0) is 13.7 Å². The smallest absolute Gasteiger partial charge is 0.790 e. The van der Waals surface area contributed by atoms with Gasteiger partial charge in [-0.25, -0.2) is 0 Å². The fourth-order valence-corrected chi connectivity index (χ4v) is 2.38. The molecule has 0 bridgehead atoms. The van der Waals surface area contributed by atoms with Crippen molar-refractivity contribution in [1.29, 1.82) is 0 Å². The summed E-state index contributed by atoms with van der Waals surface area (Å²) in [5.41, 5.74) is 1.67. The van der Waals surface area contributed by atoms with Crippen molar-refractivity contribution < 1.29 is 114 Å². The molecule has 0 aromatic heterocycles. The summed E-state index contributed by atoms with van der Waals surface area (Å²) >= 11 is 0. The number of hydrogen-bond donors (Lipinski definition) is 4. The van der Waals surface area contributed by atoms with E-state index in [0.29, 0.717) is 0 Å². The van der Waals surface area contributed by atoms with E-state index in [-0.39, 0.29) is 88.5 Å². The van der Waals surface area contributed by atoms with Crippen LogP contribution in [0.4, 0.5) is 0 Å². The number of phosphoric ester groups is 1. The van der Waals surface area contributed by atoms with Gasteiger partial charge in [0.05, 0.1) is 7.82 Å². The van der Waals surface area contributed by atoms with Crippen molar-refractivity contribution in [2.24, 2.45) is 5.73 Å². The van der Waals surface area contributed by atoms with Crippen molar-refractivity contribution in [3.05, 3.63) is 0 Å². The Kier molecular flexibility index (Phi) is 27.8. The Morgan fingerprint density at radius 2 is 1.45 bits per heavy atom. The summed E-state index contributed by atoms with van der Waals surface area (Å²) in [4.78, 5) is 37.6. The first kappa shape index (κ1) is 37.9. The molecule has 0 aliphatic carbocycles. The van der Waals surface area contributed by atoms with E-state index in [9.17, 15) is 24.0 Å². The molecule has 0 heterocycles. The third-order valence-electron chi connectivity index (χ3n) is 1.42. The molecular weight excluding hydrogens is 346 g/mol. The minimum absolute atomic E-state index is 0. The number of rotatable bonds is 6. The number of aliphatic hydroxyl groups is 1. The molecule has 0 saturated carbocycles. The third kappa shape index (κ3) is 15.0. The Morgan fingerprint density at radius 1 is 1.10 bits per heavy atom. The fraction of sp³-hybridized carbons (Fsp3) is 1.00. The average Bonchev–Trinajstić information content (AvgIpc) is 1.95. The van der Waals surface area contributed by atoms with E-state index < -0.39 is 27.4 Å². The van der Waals surface area contributed by atoms with Crippen LogP contribution in [0.25, 0.3) is 0 Å². The Hall–Kier alpha value is 2.06. The van der Waals surface area contributed by atoms with E-state index >= 15 is 0 Å². The maximum Gasteiger partial charge on any atom is 1.00 e. The standard InChI is InChI=1S/C4H13NO8P2.2Na.3H2O/c5-3-1-2-4(6,14(7,8)9)13-15(10,11)12;;;;;/h6H,1-3,5H2,(H2,7,8,9)(H2,10,11,12);;;3*1H2/q;2*+1;;;/p-2. The van der Waals surface area contributed by atoms with Gasteiger partial charge in [-0.3, -0.25) is 4.57 Å². The molecule has 0 aromatic carbocycles. The van der Waals surface area contributed by atoms with Gasteiger partial charge in [0.15, 0.2) is 0 Å². The normalized spacial score (nSPS) is 13.1. The van der Waals surface area contributed by atoms with Gasteiger partial charge in [0.25, 0.3) is 5.53 Å². The molecule has 1 atom stereocenters. The molecule has 0 aliphatic rings. The third-order valence-corrected chi connectivity index (χ3v) is 3.31. The fourth-order valence-electron chi connectivity index (χ4n) is 0.756. The zero-order valence-electron chi connectivity index (χ0n) is 11.0. The maximum absolute atomic E-state index is 10.7. The van der Waals surface area contributed by atoms with Crippen molar-refractivity contribution in [3.63, 3.8) is 0 Å². The van der Waals surface area contributed by atoms with Crippen LogP contribution in [0, 0.1) is 0 Å². The second-order valence-corrected chi connectivity index (χ2v) is 5.58. The molecule has 0 aliphatic heterocycles. The van der Waals surface area contributed by atoms with Crippen molar-refractivity contribution in [3.8, 4) is 0 Å². The van der Waals surface area contributed by atoms with E-state index in [1.54, 1.807) is 0 Å². The van der Waals surface area contributed by atoms with Gasteiger partial charge in [0.2, 0.25) is 0 Å². The summed E-state index contributed by atoms with van der Waals surface area (Å²) in [5.74, 6) is 0. The second kappa shape index (κ2) is 14.6. The van der Waals surface area contributed by atoms with Crippen molar-refractivity contribution in [2.75, 3.05) is 6.54 Å². The SMILES string of the molecule is NCCCC(O)(OP(=O)([O-])[O-])P(=O)(O)O.O.O.O.[Na+].[Na+]. The van der Waals surface area contributed by atoms with E-state index in [2.05, 4.69) is 4.52 Å². The van der Waals surface area contributed by atoms with E-state index in [1.807, 2.05) is 0 Å². The summed E-state index contributed by atoms with van der Waals surface area (Å²) in [6.07, 6.45) is -0.885. The molecule has 12 nitrogen and oxygen atoms in total. The first-order valence-electron chi connectivity index (χ1n) is 3.73. The molecular formula is C4H17NNa2O11P2. The minimum Gasteiger partial charge on any atom is -0.790 e. The molecule has 11 N–H and O–H groups in total. The number of hydrogen-bond acceptors (Lipinski definition) is 7. The summed E-state index contributed by atoms with van der Waals surface area (Å²) in [7, 11) is -11.0. The maximum atomic E-state index is 10.7. The quantitative estimate of drug-likeness (QED) is 0.198. The van der Waals surface area contributed by atoms with Crippen molar-refractivity contribution >= 4 is 15.4 Å². The van der Waals surface area contributed by atoms with Crippen molar-refractivity contribution in [1.82, 2.24) is 0 Å². The molecule has 116 valence electrons. The van der Waals surface area contributed by atoms with Gasteiger partial charge in [-0.05, 0) is 13.0 Å². The summed E-state index contributed by atoms with van der Waals surface area (Å²) in [6, 6.07) is 0. The Morgan fingerprint density at radius 3 is 1.65 bits per heavy atom. The van der Waals surface area contributed by atoms with Crippen LogP contribution < -0.4 is 74.6 Å². The topological polar surface area (TPSA) is 271 Å². The summed E-state index contributed by atoms with van der Waals surface area (Å²) in [5, 5.41) is 9.20. The molecule has 0 fully saturated rings. The van der Waals surface area contributed by atoms with Crippen LogP contribution in [0.1, 0.15) is 12.8 Å². The molecule has 0 radical (unpaired) electrons. The first-order valence-corrected chi connectivity index (χ1v) is 6.80. The van der Waals surface area contributed by atoms with Crippen LogP contribution in [0.2, 0.25) is 0 Å². The van der Waals surface area contributed by atoms with E-state index in [1.165, 1.54) is 0 Å². The average molecular weight is 363 g/mol. The molecule has 16 heteroatoms. The molecule has 0 amide bonds. The zero-order chi connectivity index (χ0) is 12.3. The van der Waals surface area contributed by atoms with Gasteiger partial charge in [-0.2, -0.15) is 0 Å². The van der Waals surface area contributed by atoms with Crippen LogP contribution >= 0.6 is 15.4 Å². The van der Waals surface area contributed by atoms with Gasteiger partial charge < -0.3 is 55.9 Å². The zero-order valence-corrected chi connectivity index (χ0v) is 16.8. The number of nitrogens with two attached hydrogens (primary N) is 1. The van der Waals surface area contributed by atoms with Gasteiger partial charge in [-0.1, -0.05) is 0 Å². The summed E-state index contributed by atoms with van der Waals surface area (Å²) in [6.45, 7) is -0.0618. The van der Waals surface area contributed by atoms with E-state index in [4.69, 9.17) is 15.5 Å². The summed E-state index contributed by atoms with van der Waals surface area (Å²) < 4.78 is 24.4. The predicted octanol–water partition coefficient (Wildman–Crippen LogP) is -11.1. The van der Waals surface area contributed by atoms with Crippen LogP contribution in [0.3, 0.4) is 0 Å². The molecule has 0 rings (SSSR count). The second-order valence-electron chi connectivity index (χ2n) is 2.72. The molecule has 0 aromatic rings. The van der Waals surface area contributed by atoms with E-state index in [0.717, 1.165) is 0 Å². The van der Waals surface area contributed by atoms with Crippen LogP contribution in [-0.4, -0.2) is 43.4 Å². The predicted molar refractivity (Wildman–Crippen MR) is 54.8 cm³/mol. The molecule has 1 unspecified atom stereocenters. The Labute approximate surface area is 159 Å². The molecule has 0 saturated heterocycles. The van der Waals surface area contributed by atoms with Crippen LogP contribution in [0.15, 0.2) is 0 Å². The molecule has 20 heavy (non-hydrogen) atoms. The Bertz CT molecular complexity index is 307. The van der Waals surface area contributed by atoms with Crippen LogP contribution in [0.5, 0.6) is 0 Å². The Balaban J connectivity index is -0.0000000980. The van der Waals surface area contributed by atoms with Gasteiger partial charge in [-0.15, -0.1) is 0 Å². The van der Waals surface area contributed by atoms with Gasteiger partial charge in [0, 0.05) is 6.42 Å². The number of phosphoric acid groups is 1. The first-order chi connectivity index (χ1) is 6.52. The van der Waals surface area contributed by atoms with Crippen molar-refractivity contribution in [2.45, 2.75) is 18.4 Å². The largest absolute Gasteiger partial charge is 1.00 e. The molecule has 0 spiro atoms.